The monoisotopic (exact) mass is 328 g/mol. The zero-order valence-corrected chi connectivity index (χ0v) is 14.1. The average Bonchev–Trinajstić information content (AvgIpc) is 2.53. The molecule has 6 nitrogen and oxygen atoms in total. The average molecular weight is 328 g/mol. The van der Waals surface area contributed by atoms with Crippen LogP contribution >= 0.6 is 7.60 Å². The summed E-state index contributed by atoms with van der Waals surface area (Å²) in [6, 6.07) is 5.24. The van der Waals surface area contributed by atoms with Crippen molar-refractivity contribution in [3.63, 3.8) is 0 Å². The number of rotatable bonds is 8. The highest BCUT2D eigenvalue weighted by molar-refractivity contribution is 7.52. The molecule has 22 heavy (non-hydrogen) atoms. The molecule has 0 amide bonds. The molecule has 0 atom stereocenters. The van der Waals surface area contributed by atoms with Gasteiger partial charge >= 0.3 is 13.6 Å². The van der Waals surface area contributed by atoms with E-state index in [1.165, 1.54) is 20.3 Å². The molecule has 0 fully saturated rings. The van der Waals surface area contributed by atoms with Gasteiger partial charge in [-0.3, -0.25) is 4.57 Å². The Balaban J connectivity index is 3.11. The van der Waals surface area contributed by atoms with Crippen LogP contribution in [0.15, 0.2) is 24.3 Å². The van der Waals surface area contributed by atoms with E-state index >= 15 is 0 Å². The summed E-state index contributed by atoms with van der Waals surface area (Å²) in [4.78, 5) is 11.4. The topological polar surface area (TPSA) is 71.1 Å². The Morgan fingerprint density at radius 2 is 1.91 bits per heavy atom. The van der Waals surface area contributed by atoms with E-state index in [4.69, 9.17) is 18.5 Å². The summed E-state index contributed by atoms with van der Waals surface area (Å²) >= 11 is 0. The molecule has 0 saturated heterocycles. The zero-order valence-electron chi connectivity index (χ0n) is 13.2. The highest BCUT2D eigenvalue weighted by atomic mass is 31.2. The van der Waals surface area contributed by atoms with Gasteiger partial charge in [0.1, 0.15) is 5.75 Å². The Morgan fingerprint density at radius 3 is 2.45 bits per heavy atom. The molecule has 0 spiro atoms. The standard InChI is InChI=1S/C15H21O6P/c1-5-21-15(16)9-7-12-6-8-14(18-2)10-13(12)11-22(17,19-3)20-4/h6-10H,5,11H2,1-4H3/b9-7-. The number of hydrogen-bond acceptors (Lipinski definition) is 6. The highest BCUT2D eigenvalue weighted by Crippen LogP contribution is 2.50. The van der Waals surface area contributed by atoms with Gasteiger partial charge in [-0.1, -0.05) is 6.07 Å². The van der Waals surface area contributed by atoms with E-state index in [0.717, 1.165) is 0 Å². The second-order valence-corrected chi connectivity index (χ2v) is 6.55. The third-order valence-electron chi connectivity index (χ3n) is 2.96. The molecular weight excluding hydrogens is 307 g/mol. The summed E-state index contributed by atoms with van der Waals surface area (Å²) in [5.74, 6) is 0.174. The van der Waals surface area contributed by atoms with Crippen LogP contribution in [0, 0.1) is 0 Å². The van der Waals surface area contributed by atoms with Gasteiger partial charge in [0.15, 0.2) is 0 Å². The minimum atomic E-state index is -3.23. The molecule has 122 valence electrons. The maximum absolute atomic E-state index is 12.3. The zero-order chi connectivity index (χ0) is 16.6. The van der Waals surface area contributed by atoms with Crippen LogP contribution in [-0.4, -0.2) is 33.9 Å². The van der Waals surface area contributed by atoms with Crippen LogP contribution in [0.1, 0.15) is 18.1 Å². The molecule has 0 unspecified atom stereocenters. The van der Waals surface area contributed by atoms with Gasteiger partial charge in [0, 0.05) is 20.3 Å². The third kappa shape index (κ3) is 5.30. The quantitative estimate of drug-likeness (QED) is 0.414. The predicted octanol–water partition coefficient (Wildman–Crippen LogP) is 3.26. The minimum absolute atomic E-state index is 0.0691. The van der Waals surface area contributed by atoms with Crippen molar-refractivity contribution in [1.82, 2.24) is 0 Å². The number of carbonyl (C=O) groups is 1. The van der Waals surface area contributed by atoms with Crippen molar-refractivity contribution in [2.24, 2.45) is 0 Å². The Morgan fingerprint density at radius 1 is 1.23 bits per heavy atom. The predicted molar refractivity (Wildman–Crippen MR) is 84.0 cm³/mol. The van der Waals surface area contributed by atoms with Crippen LogP contribution in [0.25, 0.3) is 6.08 Å². The molecule has 1 rings (SSSR count). The summed E-state index contributed by atoms with van der Waals surface area (Å²) < 4.78 is 32.2. The van der Waals surface area contributed by atoms with Crippen LogP contribution < -0.4 is 4.74 Å². The van der Waals surface area contributed by atoms with Crippen LogP contribution in [0.5, 0.6) is 5.75 Å². The van der Waals surface area contributed by atoms with Crippen molar-refractivity contribution in [3.05, 3.63) is 35.4 Å². The second kappa shape index (κ2) is 8.73. The lowest BCUT2D eigenvalue weighted by Crippen LogP contribution is -2.00. The first-order valence-corrected chi connectivity index (χ1v) is 8.43. The Kier molecular flexibility index (Phi) is 7.32. The Labute approximate surface area is 130 Å². The summed E-state index contributed by atoms with van der Waals surface area (Å²) in [6.07, 6.45) is 2.99. The van der Waals surface area contributed by atoms with E-state index in [9.17, 15) is 9.36 Å². The molecule has 0 heterocycles. The first-order chi connectivity index (χ1) is 10.5. The highest BCUT2D eigenvalue weighted by Gasteiger charge is 2.23. The molecule has 1 aromatic rings. The fraction of sp³-hybridized carbons (Fsp3) is 0.400. The SMILES string of the molecule is CCOC(=O)/C=C\c1ccc(OC)cc1CP(=O)(OC)OC. The van der Waals surface area contributed by atoms with Crippen LogP contribution in [0.3, 0.4) is 0 Å². The smallest absolute Gasteiger partial charge is 0.334 e. The molecule has 0 bridgehead atoms. The number of methoxy groups -OCH3 is 1. The molecule has 0 aromatic heterocycles. The van der Waals surface area contributed by atoms with Gasteiger partial charge in [-0.2, -0.15) is 0 Å². The van der Waals surface area contributed by atoms with Gasteiger partial charge < -0.3 is 18.5 Å². The van der Waals surface area contributed by atoms with E-state index in [1.807, 2.05) is 0 Å². The molecule has 0 radical (unpaired) electrons. The maximum atomic E-state index is 12.3. The minimum Gasteiger partial charge on any atom is -0.497 e. The van der Waals surface area contributed by atoms with Crippen molar-refractivity contribution in [2.75, 3.05) is 27.9 Å². The number of esters is 1. The van der Waals surface area contributed by atoms with Crippen molar-refractivity contribution in [3.8, 4) is 5.75 Å². The van der Waals surface area contributed by atoms with E-state index in [1.54, 1.807) is 38.3 Å². The maximum Gasteiger partial charge on any atom is 0.334 e. The van der Waals surface area contributed by atoms with Gasteiger partial charge in [0.05, 0.1) is 19.9 Å². The van der Waals surface area contributed by atoms with Gasteiger partial charge in [-0.05, 0) is 36.3 Å². The summed E-state index contributed by atoms with van der Waals surface area (Å²) in [7, 11) is 0.979. The van der Waals surface area contributed by atoms with Crippen molar-refractivity contribution >= 4 is 19.6 Å². The van der Waals surface area contributed by atoms with E-state index in [2.05, 4.69) is 0 Å². The van der Waals surface area contributed by atoms with Gasteiger partial charge in [-0.15, -0.1) is 0 Å². The molecule has 0 aliphatic carbocycles. The fourth-order valence-electron chi connectivity index (χ4n) is 1.77. The number of ether oxygens (including phenoxy) is 2. The van der Waals surface area contributed by atoms with Crippen LogP contribution in [-0.2, 0) is 29.3 Å². The summed E-state index contributed by atoms with van der Waals surface area (Å²) in [5, 5.41) is 0. The molecule has 0 N–H and O–H groups in total. The Bertz CT molecular complexity index is 573. The molecule has 7 heteroatoms. The van der Waals surface area contributed by atoms with Gasteiger partial charge in [-0.25, -0.2) is 4.79 Å². The van der Waals surface area contributed by atoms with E-state index < -0.39 is 13.6 Å². The molecule has 0 saturated carbocycles. The van der Waals surface area contributed by atoms with Gasteiger partial charge in [0.2, 0.25) is 0 Å². The first-order valence-electron chi connectivity index (χ1n) is 6.70. The lowest BCUT2D eigenvalue weighted by Gasteiger charge is -2.15. The molecule has 0 aliphatic heterocycles. The molecule has 1 aromatic carbocycles. The lowest BCUT2D eigenvalue weighted by atomic mass is 10.1. The third-order valence-corrected chi connectivity index (χ3v) is 4.80. The van der Waals surface area contributed by atoms with E-state index in [0.29, 0.717) is 23.5 Å². The van der Waals surface area contributed by atoms with Crippen LogP contribution in [0.4, 0.5) is 0 Å². The lowest BCUT2D eigenvalue weighted by molar-refractivity contribution is -0.137. The fourth-order valence-corrected chi connectivity index (χ4v) is 2.87. The van der Waals surface area contributed by atoms with Crippen molar-refractivity contribution in [1.29, 1.82) is 0 Å². The summed E-state index contributed by atoms with van der Waals surface area (Å²) in [6.45, 7) is 2.04. The number of benzene rings is 1. The van der Waals surface area contributed by atoms with Crippen LogP contribution in [0.2, 0.25) is 0 Å². The normalized spacial score (nSPS) is 11.6. The summed E-state index contributed by atoms with van der Waals surface area (Å²) in [5.41, 5.74) is 1.40. The second-order valence-electron chi connectivity index (χ2n) is 4.28. The Hall–Kier alpha value is -1.62. The largest absolute Gasteiger partial charge is 0.497 e. The molecular formula is C15H21O6P. The van der Waals surface area contributed by atoms with E-state index in [-0.39, 0.29) is 6.16 Å². The molecule has 0 aliphatic rings. The van der Waals surface area contributed by atoms with Crippen molar-refractivity contribution < 1.29 is 27.9 Å². The number of hydrogen-bond donors (Lipinski definition) is 0. The first kappa shape index (κ1) is 18.4. The van der Waals surface area contributed by atoms with Crippen molar-refractivity contribution in [2.45, 2.75) is 13.1 Å². The number of carbonyl (C=O) groups excluding carboxylic acids is 1. The van der Waals surface area contributed by atoms with Gasteiger partial charge in [0.25, 0.3) is 0 Å².